The summed E-state index contributed by atoms with van der Waals surface area (Å²) in [5.41, 5.74) is 3.03. The Balaban J connectivity index is 1.74. The first-order valence-corrected chi connectivity index (χ1v) is 8.65. The number of nitrogens with zero attached hydrogens (tertiary/aromatic N) is 1. The van der Waals surface area contributed by atoms with Crippen LogP contribution in [0.4, 0.5) is 10.5 Å². The molecule has 1 atom stereocenters. The molecule has 136 valence electrons. The smallest absolute Gasteiger partial charge is 0.324 e. The van der Waals surface area contributed by atoms with Gasteiger partial charge in [-0.1, -0.05) is 30.3 Å². The molecule has 0 saturated carbocycles. The number of hydrogen-bond donors (Lipinski definition) is 2. The fourth-order valence-electron chi connectivity index (χ4n) is 3.05. The van der Waals surface area contributed by atoms with E-state index in [1.165, 1.54) is 10.5 Å². The first-order valence-electron chi connectivity index (χ1n) is 8.65. The molecule has 6 heteroatoms. The number of carbonyl (C=O) groups excluding carboxylic acids is 2. The highest BCUT2D eigenvalue weighted by Gasteiger charge is 2.29. The summed E-state index contributed by atoms with van der Waals surface area (Å²) in [4.78, 5) is 25.3. The third-order valence-electron chi connectivity index (χ3n) is 4.39. The van der Waals surface area contributed by atoms with Crippen LogP contribution in [-0.4, -0.2) is 43.1 Å². The molecule has 3 amide bonds. The zero-order valence-corrected chi connectivity index (χ0v) is 15.0. The van der Waals surface area contributed by atoms with Crippen molar-refractivity contribution in [2.75, 3.05) is 25.5 Å². The molecule has 2 aromatic carbocycles. The number of carbonyl (C=O) groups is 2. The average Bonchev–Trinajstić information content (AvgIpc) is 3.08. The molecule has 0 aromatic heterocycles. The van der Waals surface area contributed by atoms with Crippen molar-refractivity contribution in [2.24, 2.45) is 0 Å². The second-order valence-corrected chi connectivity index (χ2v) is 6.28. The van der Waals surface area contributed by atoms with Crippen molar-refractivity contribution in [2.45, 2.75) is 19.4 Å². The van der Waals surface area contributed by atoms with E-state index in [-0.39, 0.29) is 11.9 Å². The van der Waals surface area contributed by atoms with E-state index in [1.54, 1.807) is 14.0 Å². The van der Waals surface area contributed by atoms with Crippen LogP contribution in [-0.2, 0) is 11.2 Å². The topological polar surface area (TPSA) is 70.7 Å². The van der Waals surface area contributed by atoms with E-state index in [0.717, 1.165) is 23.4 Å². The number of nitrogens with one attached hydrogen (secondary N) is 2. The van der Waals surface area contributed by atoms with Gasteiger partial charge in [-0.05, 0) is 30.7 Å². The minimum absolute atomic E-state index is 0.236. The van der Waals surface area contributed by atoms with Gasteiger partial charge in [0.05, 0.1) is 7.11 Å². The molecule has 1 heterocycles. The maximum atomic E-state index is 12.4. The minimum atomic E-state index is -0.503. The molecule has 2 aromatic rings. The van der Waals surface area contributed by atoms with Crippen molar-refractivity contribution in [1.29, 1.82) is 0 Å². The predicted molar refractivity (Wildman–Crippen MR) is 100 cm³/mol. The summed E-state index contributed by atoms with van der Waals surface area (Å²) in [6, 6.07) is 15.1. The zero-order valence-electron chi connectivity index (χ0n) is 15.0. The number of urea groups is 1. The summed E-state index contributed by atoms with van der Waals surface area (Å²) in [5, 5.41) is 5.83. The second-order valence-electron chi connectivity index (χ2n) is 6.28. The number of anilines is 1. The quantitative estimate of drug-likeness (QED) is 0.838. The van der Waals surface area contributed by atoms with Crippen LogP contribution in [0.2, 0.25) is 0 Å². The lowest BCUT2D eigenvalue weighted by Gasteiger charge is -2.20. The summed E-state index contributed by atoms with van der Waals surface area (Å²) in [6.07, 6.45) is 0.733. The number of imide groups is 1. The Hall–Kier alpha value is -3.02. The van der Waals surface area contributed by atoms with Gasteiger partial charge < -0.3 is 15.4 Å². The summed E-state index contributed by atoms with van der Waals surface area (Å²) >= 11 is 0. The van der Waals surface area contributed by atoms with Crippen LogP contribution in [0.5, 0.6) is 5.75 Å². The van der Waals surface area contributed by atoms with Gasteiger partial charge in [0, 0.05) is 30.8 Å². The van der Waals surface area contributed by atoms with Gasteiger partial charge in [0.15, 0.2) is 0 Å². The first-order chi connectivity index (χ1) is 12.6. The van der Waals surface area contributed by atoms with Crippen LogP contribution in [0.15, 0.2) is 48.5 Å². The number of methoxy groups -OCH3 is 1. The molecular weight excluding hydrogens is 330 g/mol. The van der Waals surface area contributed by atoms with E-state index in [0.29, 0.717) is 13.1 Å². The maximum Gasteiger partial charge on any atom is 0.324 e. The molecule has 1 saturated heterocycles. The molecule has 3 rings (SSSR count). The molecule has 6 nitrogen and oxygen atoms in total. The predicted octanol–water partition coefficient (Wildman–Crippen LogP) is 2.64. The molecule has 1 aliphatic rings. The van der Waals surface area contributed by atoms with Crippen molar-refractivity contribution in [3.8, 4) is 5.75 Å². The van der Waals surface area contributed by atoms with Crippen molar-refractivity contribution in [1.82, 2.24) is 10.2 Å². The number of benzene rings is 2. The molecule has 0 bridgehead atoms. The molecular formula is C20H23N3O3. The highest BCUT2D eigenvalue weighted by molar-refractivity contribution is 5.99. The van der Waals surface area contributed by atoms with Gasteiger partial charge in [-0.2, -0.15) is 0 Å². The molecule has 0 spiro atoms. The molecule has 2 N–H and O–H groups in total. The molecule has 1 aliphatic heterocycles. The van der Waals surface area contributed by atoms with E-state index in [2.05, 4.69) is 22.8 Å². The largest absolute Gasteiger partial charge is 0.496 e. The Labute approximate surface area is 153 Å². The average molecular weight is 353 g/mol. The van der Waals surface area contributed by atoms with Crippen LogP contribution in [0.25, 0.3) is 0 Å². The molecule has 0 aliphatic carbocycles. The van der Waals surface area contributed by atoms with E-state index >= 15 is 0 Å². The maximum absolute atomic E-state index is 12.4. The van der Waals surface area contributed by atoms with E-state index in [9.17, 15) is 9.59 Å². The first kappa shape index (κ1) is 17.8. The summed E-state index contributed by atoms with van der Waals surface area (Å²) < 4.78 is 5.46. The van der Waals surface area contributed by atoms with Crippen LogP contribution in [0, 0.1) is 0 Å². The van der Waals surface area contributed by atoms with Crippen molar-refractivity contribution in [3.05, 3.63) is 59.7 Å². The number of hydrogen-bond acceptors (Lipinski definition) is 4. The van der Waals surface area contributed by atoms with Gasteiger partial charge >= 0.3 is 6.03 Å². The summed E-state index contributed by atoms with van der Waals surface area (Å²) in [7, 11) is 1.65. The molecule has 0 radical (unpaired) electrons. The van der Waals surface area contributed by atoms with Gasteiger partial charge in [-0.15, -0.1) is 0 Å². The van der Waals surface area contributed by atoms with Crippen LogP contribution < -0.4 is 15.4 Å². The van der Waals surface area contributed by atoms with Gasteiger partial charge in [-0.3, -0.25) is 9.69 Å². The van der Waals surface area contributed by atoms with E-state index in [4.69, 9.17) is 4.74 Å². The summed E-state index contributed by atoms with van der Waals surface area (Å²) in [5.74, 6) is 0.567. The Bertz CT molecular complexity index is 792. The lowest BCUT2D eigenvalue weighted by Crippen LogP contribution is -2.43. The fourth-order valence-corrected chi connectivity index (χ4v) is 3.05. The van der Waals surface area contributed by atoms with E-state index in [1.807, 2.05) is 36.4 Å². The third kappa shape index (κ3) is 3.96. The normalized spacial score (nSPS) is 14.7. The summed E-state index contributed by atoms with van der Waals surface area (Å²) in [6.45, 7) is 2.67. The Morgan fingerprint density at radius 1 is 1.27 bits per heavy atom. The van der Waals surface area contributed by atoms with Gasteiger partial charge in [0.2, 0.25) is 0 Å². The zero-order chi connectivity index (χ0) is 18.5. The lowest BCUT2D eigenvalue weighted by molar-refractivity contribution is -0.128. The Morgan fingerprint density at radius 3 is 2.69 bits per heavy atom. The Kier molecular flexibility index (Phi) is 5.41. The molecule has 26 heavy (non-hydrogen) atoms. The molecule has 0 unspecified atom stereocenters. The standard InChI is InChI=1S/C20H23N3O3/c1-14(19(24)23-11-10-21-20(23)25)22-17-8-9-18(26-2)16(13-17)12-15-6-4-3-5-7-15/h3-9,13-14,22H,10-12H2,1-2H3,(H,21,25)/t14-/m1/s1. The Morgan fingerprint density at radius 2 is 2.04 bits per heavy atom. The second kappa shape index (κ2) is 7.91. The third-order valence-corrected chi connectivity index (χ3v) is 4.39. The van der Waals surface area contributed by atoms with Crippen molar-refractivity contribution >= 4 is 17.6 Å². The minimum Gasteiger partial charge on any atom is -0.496 e. The lowest BCUT2D eigenvalue weighted by atomic mass is 10.0. The van der Waals surface area contributed by atoms with E-state index < -0.39 is 6.04 Å². The monoisotopic (exact) mass is 353 g/mol. The fraction of sp³-hybridized carbons (Fsp3) is 0.300. The molecule has 1 fully saturated rings. The van der Waals surface area contributed by atoms with Gasteiger partial charge in [0.25, 0.3) is 5.91 Å². The van der Waals surface area contributed by atoms with Gasteiger partial charge in [0.1, 0.15) is 11.8 Å². The van der Waals surface area contributed by atoms with Crippen LogP contribution >= 0.6 is 0 Å². The van der Waals surface area contributed by atoms with Crippen LogP contribution in [0.1, 0.15) is 18.1 Å². The highest BCUT2D eigenvalue weighted by Crippen LogP contribution is 2.26. The van der Waals surface area contributed by atoms with Crippen LogP contribution in [0.3, 0.4) is 0 Å². The number of amides is 3. The van der Waals surface area contributed by atoms with Crippen molar-refractivity contribution in [3.63, 3.8) is 0 Å². The number of ether oxygens (including phenoxy) is 1. The SMILES string of the molecule is COc1ccc(N[C@H](C)C(=O)N2CCNC2=O)cc1Cc1ccccc1. The van der Waals surface area contributed by atoms with Crippen molar-refractivity contribution < 1.29 is 14.3 Å². The van der Waals surface area contributed by atoms with Gasteiger partial charge in [-0.25, -0.2) is 4.79 Å². The highest BCUT2D eigenvalue weighted by atomic mass is 16.5. The number of rotatable bonds is 6.